The molecule has 1 aliphatic rings. The highest BCUT2D eigenvalue weighted by Crippen LogP contribution is 2.11. The SMILES string of the molecule is CC(C)CN(CC1CNC1)C(C)C. The molecule has 0 unspecified atom stereocenters. The number of nitrogens with zero attached hydrogens (tertiary/aromatic N) is 1. The van der Waals surface area contributed by atoms with Crippen LogP contribution in [0.3, 0.4) is 0 Å². The zero-order valence-corrected chi connectivity index (χ0v) is 9.51. The topological polar surface area (TPSA) is 15.3 Å². The Hall–Kier alpha value is -0.0800. The van der Waals surface area contributed by atoms with Gasteiger partial charge in [0, 0.05) is 32.2 Å². The van der Waals surface area contributed by atoms with Crippen molar-refractivity contribution in [2.45, 2.75) is 33.7 Å². The van der Waals surface area contributed by atoms with E-state index in [1.54, 1.807) is 0 Å². The summed E-state index contributed by atoms with van der Waals surface area (Å²) < 4.78 is 0. The van der Waals surface area contributed by atoms with Crippen molar-refractivity contribution < 1.29 is 0 Å². The van der Waals surface area contributed by atoms with Gasteiger partial charge in [0.05, 0.1) is 0 Å². The molecule has 1 fully saturated rings. The molecule has 2 heteroatoms. The van der Waals surface area contributed by atoms with Crippen molar-refractivity contribution in [2.24, 2.45) is 11.8 Å². The second-order valence-electron chi connectivity index (χ2n) is 4.97. The van der Waals surface area contributed by atoms with Crippen molar-refractivity contribution >= 4 is 0 Å². The molecule has 0 aliphatic carbocycles. The number of rotatable bonds is 5. The van der Waals surface area contributed by atoms with E-state index in [0.29, 0.717) is 6.04 Å². The van der Waals surface area contributed by atoms with Gasteiger partial charge in [-0.15, -0.1) is 0 Å². The minimum Gasteiger partial charge on any atom is -0.316 e. The average molecular weight is 184 g/mol. The van der Waals surface area contributed by atoms with Crippen molar-refractivity contribution in [1.29, 1.82) is 0 Å². The third-order valence-corrected chi connectivity index (χ3v) is 2.69. The fourth-order valence-corrected chi connectivity index (χ4v) is 1.77. The van der Waals surface area contributed by atoms with Gasteiger partial charge in [-0.2, -0.15) is 0 Å². The summed E-state index contributed by atoms with van der Waals surface area (Å²) in [5.41, 5.74) is 0. The van der Waals surface area contributed by atoms with Gasteiger partial charge in [-0.1, -0.05) is 13.8 Å². The largest absolute Gasteiger partial charge is 0.316 e. The maximum Gasteiger partial charge on any atom is 0.00388 e. The van der Waals surface area contributed by atoms with Crippen molar-refractivity contribution in [2.75, 3.05) is 26.2 Å². The Kier molecular flexibility index (Phi) is 4.20. The maximum absolute atomic E-state index is 3.33. The van der Waals surface area contributed by atoms with E-state index in [0.717, 1.165) is 11.8 Å². The molecule has 1 heterocycles. The quantitative estimate of drug-likeness (QED) is 0.698. The van der Waals surface area contributed by atoms with Crippen molar-refractivity contribution in [3.63, 3.8) is 0 Å². The maximum atomic E-state index is 3.33. The Morgan fingerprint density at radius 1 is 1.23 bits per heavy atom. The minimum absolute atomic E-state index is 0.697. The van der Waals surface area contributed by atoms with E-state index >= 15 is 0 Å². The third-order valence-electron chi connectivity index (χ3n) is 2.69. The van der Waals surface area contributed by atoms with Gasteiger partial charge in [-0.25, -0.2) is 0 Å². The van der Waals surface area contributed by atoms with Crippen LogP contribution in [0.25, 0.3) is 0 Å². The van der Waals surface area contributed by atoms with Crippen LogP contribution in [0.4, 0.5) is 0 Å². The monoisotopic (exact) mass is 184 g/mol. The molecule has 0 aromatic rings. The molecule has 0 aromatic carbocycles. The first-order chi connectivity index (χ1) is 6.09. The lowest BCUT2D eigenvalue weighted by molar-refractivity contribution is 0.144. The lowest BCUT2D eigenvalue weighted by atomic mass is 10.0. The molecule has 13 heavy (non-hydrogen) atoms. The van der Waals surface area contributed by atoms with E-state index in [1.165, 1.54) is 26.2 Å². The fraction of sp³-hybridized carbons (Fsp3) is 1.00. The van der Waals surface area contributed by atoms with Gasteiger partial charge in [-0.3, -0.25) is 0 Å². The Bertz CT molecular complexity index is 139. The summed E-state index contributed by atoms with van der Waals surface area (Å²) in [6, 6.07) is 0.697. The van der Waals surface area contributed by atoms with Crippen LogP contribution >= 0.6 is 0 Å². The summed E-state index contributed by atoms with van der Waals surface area (Å²) in [5, 5.41) is 3.33. The van der Waals surface area contributed by atoms with Gasteiger partial charge in [0.15, 0.2) is 0 Å². The first kappa shape index (κ1) is 11.0. The number of hydrogen-bond donors (Lipinski definition) is 1. The lowest BCUT2D eigenvalue weighted by Crippen LogP contribution is -2.50. The van der Waals surface area contributed by atoms with Crippen molar-refractivity contribution in [3.8, 4) is 0 Å². The minimum atomic E-state index is 0.697. The van der Waals surface area contributed by atoms with Crippen molar-refractivity contribution in [3.05, 3.63) is 0 Å². The van der Waals surface area contributed by atoms with E-state index in [2.05, 4.69) is 37.9 Å². The summed E-state index contributed by atoms with van der Waals surface area (Å²) >= 11 is 0. The summed E-state index contributed by atoms with van der Waals surface area (Å²) in [7, 11) is 0. The second kappa shape index (κ2) is 4.97. The van der Waals surface area contributed by atoms with Crippen LogP contribution in [0.15, 0.2) is 0 Å². The highest BCUT2D eigenvalue weighted by molar-refractivity contribution is 4.79. The van der Waals surface area contributed by atoms with Gasteiger partial charge in [0.25, 0.3) is 0 Å². The zero-order valence-electron chi connectivity index (χ0n) is 9.51. The summed E-state index contributed by atoms with van der Waals surface area (Å²) in [6.45, 7) is 14.2. The molecule has 2 nitrogen and oxygen atoms in total. The van der Waals surface area contributed by atoms with Crippen LogP contribution in [-0.2, 0) is 0 Å². The van der Waals surface area contributed by atoms with Gasteiger partial charge in [0.1, 0.15) is 0 Å². The van der Waals surface area contributed by atoms with E-state index in [4.69, 9.17) is 0 Å². The summed E-state index contributed by atoms with van der Waals surface area (Å²) in [6.07, 6.45) is 0. The molecule has 0 saturated carbocycles. The molecule has 0 atom stereocenters. The molecule has 1 saturated heterocycles. The average Bonchev–Trinajstić information content (AvgIpc) is 1.92. The van der Waals surface area contributed by atoms with Crippen LogP contribution in [0, 0.1) is 11.8 Å². The van der Waals surface area contributed by atoms with Gasteiger partial charge < -0.3 is 10.2 Å². The molecule has 0 spiro atoms. The van der Waals surface area contributed by atoms with E-state index in [9.17, 15) is 0 Å². The predicted molar refractivity (Wildman–Crippen MR) is 57.9 cm³/mol. The molecule has 0 bridgehead atoms. The molecule has 0 aromatic heterocycles. The molecule has 1 aliphatic heterocycles. The second-order valence-corrected chi connectivity index (χ2v) is 4.97. The standard InChI is InChI=1S/C11H24N2/c1-9(2)7-13(10(3)4)8-11-5-12-6-11/h9-12H,5-8H2,1-4H3. The Morgan fingerprint density at radius 3 is 2.15 bits per heavy atom. The van der Waals surface area contributed by atoms with Gasteiger partial charge in [-0.05, 0) is 25.7 Å². The molecule has 0 radical (unpaired) electrons. The van der Waals surface area contributed by atoms with Gasteiger partial charge >= 0.3 is 0 Å². The first-order valence-electron chi connectivity index (χ1n) is 5.54. The summed E-state index contributed by atoms with van der Waals surface area (Å²) in [5.74, 6) is 1.69. The number of nitrogens with one attached hydrogen (secondary N) is 1. The highest BCUT2D eigenvalue weighted by Gasteiger charge is 2.21. The summed E-state index contributed by atoms with van der Waals surface area (Å²) in [4.78, 5) is 2.61. The smallest absolute Gasteiger partial charge is 0.00388 e. The van der Waals surface area contributed by atoms with Crippen LogP contribution in [0.5, 0.6) is 0 Å². The van der Waals surface area contributed by atoms with Crippen LogP contribution < -0.4 is 5.32 Å². The number of hydrogen-bond acceptors (Lipinski definition) is 2. The van der Waals surface area contributed by atoms with E-state index < -0.39 is 0 Å². The zero-order chi connectivity index (χ0) is 9.84. The third kappa shape index (κ3) is 3.65. The molecular weight excluding hydrogens is 160 g/mol. The first-order valence-corrected chi connectivity index (χ1v) is 5.54. The molecular formula is C11H24N2. The predicted octanol–water partition coefficient (Wildman–Crippen LogP) is 1.57. The van der Waals surface area contributed by atoms with E-state index in [1.807, 2.05) is 0 Å². The van der Waals surface area contributed by atoms with Crippen LogP contribution in [-0.4, -0.2) is 37.1 Å². The molecule has 0 amide bonds. The Morgan fingerprint density at radius 2 is 1.85 bits per heavy atom. The van der Waals surface area contributed by atoms with Crippen molar-refractivity contribution in [1.82, 2.24) is 10.2 Å². The highest BCUT2D eigenvalue weighted by atomic mass is 15.2. The molecule has 78 valence electrons. The molecule has 1 rings (SSSR count). The fourth-order valence-electron chi connectivity index (χ4n) is 1.77. The molecule has 1 N–H and O–H groups in total. The van der Waals surface area contributed by atoms with Crippen LogP contribution in [0.2, 0.25) is 0 Å². The van der Waals surface area contributed by atoms with Gasteiger partial charge in [0.2, 0.25) is 0 Å². The lowest BCUT2D eigenvalue weighted by Gasteiger charge is -2.36. The Labute approximate surface area is 82.7 Å². The van der Waals surface area contributed by atoms with Crippen LogP contribution in [0.1, 0.15) is 27.7 Å². The van der Waals surface area contributed by atoms with E-state index in [-0.39, 0.29) is 0 Å². The normalized spacial score (nSPS) is 18.7. The Balaban J connectivity index is 2.28.